The molecule has 88 valence electrons. The van der Waals surface area contributed by atoms with Crippen molar-refractivity contribution in [2.75, 3.05) is 0 Å². The van der Waals surface area contributed by atoms with E-state index in [1.807, 2.05) is 0 Å². The monoisotopic (exact) mass is 222 g/mol. The van der Waals surface area contributed by atoms with Gasteiger partial charge in [-0.05, 0) is 37.8 Å². The minimum Gasteiger partial charge on any atom is -0.545 e. The van der Waals surface area contributed by atoms with Crippen LogP contribution in [0.3, 0.4) is 0 Å². The molecule has 0 saturated carbocycles. The molecule has 0 atom stereocenters. The van der Waals surface area contributed by atoms with Crippen molar-refractivity contribution < 1.29 is 19.8 Å². The zero-order valence-corrected chi connectivity index (χ0v) is 9.46. The van der Waals surface area contributed by atoms with Crippen LogP contribution in [0.25, 0.3) is 0 Å². The van der Waals surface area contributed by atoms with Crippen molar-refractivity contribution in [3.05, 3.63) is 35.5 Å². The van der Waals surface area contributed by atoms with Crippen LogP contribution in [0.5, 0.6) is 0 Å². The van der Waals surface area contributed by atoms with Crippen molar-refractivity contribution in [1.82, 2.24) is 0 Å². The van der Waals surface area contributed by atoms with Crippen molar-refractivity contribution in [1.29, 1.82) is 0 Å². The fourth-order valence-corrected chi connectivity index (χ4v) is 1.21. The van der Waals surface area contributed by atoms with E-state index >= 15 is 0 Å². The van der Waals surface area contributed by atoms with Gasteiger partial charge in [0.2, 0.25) is 0 Å². The SMILES string of the molecule is C=C(C)C/C(C(=O)[O-])=C(\CC(=C)C)C(=O)[O-]. The standard InChI is InChI=1S/C12H16O4/c1-7(2)5-9(11(13)14)10(12(15)16)6-8(3)4/h1,3,5-6H2,2,4H3,(H,13,14)(H,15,16)/p-2/b10-9-. The van der Waals surface area contributed by atoms with Crippen molar-refractivity contribution in [3.63, 3.8) is 0 Å². The Balaban J connectivity index is 5.43. The molecule has 4 heteroatoms. The summed E-state index contributed by atoms with van der Waals surface area (Å²) < 4.78 is 0. The quantitative estimate of drug-likeness (QED) is 0.457. The lowest BCUT2D eigenvalue weighted by Crippen LogP contribution is -2.32. The Kier molecular flexibility index (Phi) is 5.22. The molecule has 0 aliphatic heterocycles. The summed E-state index contributed by atoms with van der Waals surface area (Å²) in [5, 5.41) is 21.7. The highest BCUT2D eigenvalue weighted by Crippen LogP contribution is 2.18. The van der Waals surface area contributed by atoms with Crippen molar-refractivity contribution >= 4 is 11.9 Å². The van der Waals surface area contributed by atoms with Gasteiger partial charge in [0.05, 0.1) is 11.9 Å². The Labute approximate surface area is 94.6 Å². The summed E-state index contributed by atoms with van der Waals surface area (Å²) in [4.78, 5) is 21.7. The maximum atomic E-state index is 10.8. The number of aliphatic carboxylic acids is 2. The molecular formula is C12H14O4-2. The molecule has 0 bridgehead atoms. The number of carbonyl (C=O) groups excluding carboxylic acids is 2. The van der Waals surface area contributed by atoms with Crippen LogP contribution in [0.1, 0.15) is 26.7 Å². The molecule has 0 amide bonds. The summed E-state index contributed by atoms with van der Waals surface area (Å²) in [5.74, 6) is -3.02. The van der Waals surface area contributed by atoms with Gasteiger partial charge in [-0.1, -0.05) is 24.3 Å². The highest BCUT2D eigenvalue weighted by Gasteiger charge is 2.10. The highest BCUT2D eigenvalue weighted by molar-refractivity contribution is 5.97. The first-order valence-electron chi connectivity index (χ1n) is 4.69. The zero-order valence-electron chi connectivity index (χ0n) is 9.46. The highest BCUT2D eigenvalue weighted by atomic mass is 16.4. The van der Waals surface area contributed by atoms with Gasteiger partial charge >= 0.3 is 0 Å². The lowest BCUT2D eigenvalue weighted by atomic mass is 9.97. The van der Waals surface area contributed by atoms with E-state index in [1.54, 1.807) is 13.8 Å². The van der Waals surface area contributed by atoms with Crippen LogP contribution < -0.4 is 10.2 Å². The third kappa shape index (κ3) is 4.59. The summed E-state index contributed by atoms with van der Waals surface area (Å²) in [7, 11) is 0. The van der Waals surface area contributed by atoms with Crippen molar-refractivity contribution in [2.24, 2.45) is 0 Å². The first-order chi connectivity index (χ1) is 7.25. The third-order valence-corrected chi connectivity index (χ3v) is 1.81. The van der Waals surface area contributed by atoms with Gasteiger partial charge in [0.1, 0.15) is 0 Å². The first kappa shape index (κ1) is 14.2. The van der Waals surface area contributed by atoms with Gasteiger partial charge in [-0.15, -0.1) is 0 Å². The predicted molar refractivity (Wildman–Crippen MR) is 55.9 cm³/mol. The molecular weight excluding hydrogens is 208 g/mol. The summed E-state index contributed by atoms with van der Waals surface area (Å²) in [6.45, 7) is 10.3. The Hall–Kier alpha value is -1.84. The van der Waals surface area contributed by atoms with E-state index < -0.39 is 11.9 Å². The average Bonchev–Trinajstić information content (AvgIpc) is 2.09. The Morgan fingerprint density at radius 3 is 1.25 bits per heavy atom. The largest absolute Gasteiger partial charge is 0.545 e. The van der Waals surface area contributed by atoms with Gasteiger partial charge in [0, 0.05) is 0 Å². The third-order valence-electron chi connectivity index (χ3n) is 1.81. The van der Waals surface area contributed by atoms with E-state index in [-0.39, 0.29) is 24.0 Å². The maximum absolute atomic E-state index is 10.8. The normalized spacial score (nSPS) is 11.6. The molecule has 0 aromatic carbocycles. The molecule has 0 spiro atoms. The second kappa shape index (κ2) is 5.90. The van der Waals surface area contributed by atoms with Gasteiger partial charge < -0.3 is 19.8 Å². The van der Waals surface area contributed by atoms with Crippen molar-refractivity contribution in [2.45, 2.75) is 26.7 Å². The van der Waals surface area contributed by atoms with Crippen LogP contribution in [-0.4, -0.2) is 11.9 Å². The Morgan fingerprint density at radius 1 is 0.875 bits per heavy atom. The zero-order chi connectivity index (χ0) is 12.9. The molecule has 0 aliphatic rings. The molecule has 0 heterocycles. The molecule has 0 radical (unpaired) electrons. The lowest BCUT2D eigenvalue weighted by molar-refractivity contribution is -0.304. The van der Waals surface area contributed by atoms with Crippen LogP contribution in [0, 0.1) is 0 Å². The maximum Gasteiger partial charge on any atom is 0.0681 e. The molecule has 4 nitrogen and oxygen atoms in total. The van der Waals surface area contributed by atoms with Crippen LogP contribution in [0.4, 0.5) is 0 Å². The number of rotatable bonds is 6. The van der Waals surface area contributed by atoms with Crippen molar-refractivity contribution in [3.8, 4) is 0 Å². The van der Waals surface area contributed by atoms with Gasteiger partial charge in [0.25, 0.3) is 0 Å². The van der Waals surface area contributed by atoms with E-state index in [9.17, 15) is 19.8 Å². The first-order valence-corrected chi connectivity index (χ1v) is 4.69. The molecule has 0 aromatic heterocycles. The average molecular weight is 222 g/mol. The summed E-state index contributed by atoms with van der Waals surface area (Å²) in [5.41, 5.74) is 0.491. The molecule has 0 fully saturated rings. The molecule has 0 rings (SSSR count). The molecule has 0 unspecified atom stereocenters. The molecule has 0 N–H and O–H groups in total. The molecule has 0 aliphatic carbocycles. The second-order valence-electron chi connectivity index (χ2n) is 3.80. The lowest BCUT2D eigenvalue weighted by Gasteiger charge is -2.17. The minimum absolute atomic E-state index is 0.0427. The van der Waals surface area contributed by atoms with Crippen LogP contribution in [-0.2, 0) is 9.59 Å². The summed E-state index contributed by atoms with van der Waals surface area (Å²) in [6, 6.07) is 0. The molecule has 0 aromatic rings. The number of carboxylic acids is 2. The van der Waals surface area contributed by atoms with E-state index in [1.165, 1.54) is 0 Å². The Morgan fingerprint density at radius 2 is 1.12 bits per heavy atom. The number of carboxylic acid groups (broad SMARTS) is 2. The van der Waals surface area contributed by atoms with E-state index in [4.69, 9.17) is 0 Å². The summed E-state index contributed by atoms with van der Waals surface area (Å²) in [6.07, 6.45) is -0.0855. The number of hydrogen-bond acceptors (Lipinski definition) is 4. The smallest absolute Gasteiger partial charge is 0.0681 e. The van der Waals surface area contributed by atoms with Gasteiger partial charge in [-0.2, -0.15) is 0 Å². The Bertz CT molecular complexity index is 338. The molecule has 16 heavy (non-hydrogen) atoms. The van der Waals surface area contributed by atoms with E-state index in [0.29, 0.717) is 11.1 Å². The van der Waals surface area contributed by atoms with Gasteiger partial charge in [0.15, 0.2) is 0 Å². The topological polar surface area (TPSA) is 80.3 Å². The van der Waals surface area contributed by atoms with Crippen LogP contribution in [0.15, 0.2) is 35.5 Å². The molecule has 0 saturated heterocycles. The fourth-order valence-electron chi connectivity index (χ4n) is 1.21. The number of allylic oxidation sites excluding steroid dienone is 2. The van der Waals surface area contributed by atoms with Gasteiger partial charge in [-0.3, -0.25) is 0 Å². The number of carbonyl (C=O) groups is 2. The predicted octanol–water partition coefficient (Wildman–Crippen LogP) is -0.285. The van der Waals surface area contributed by atoms with Crippen LogP contribution >= 0.6 is 0 Å². The van der Waals surface area contributed by atoms with E-state index in [2.05, 4.69) is 13.2 Å². The minimum atomic E-state index is -1.51. The van der Waals surface area contributed by atoms with E-state index in [0.717, 1.165) is 0 Å². The van der Waals surface area contributed by atoms with Gasteiger partial charge in [-0.25, -0.2) is 0 Å². The van der Waals surface area contributed by atoms with Crippen LogP contribution in [0.2, 0.25) is 0 Å². The fraction of sp³-hybridized carbons (Fsp3) is 0.333. The summed E-state index contributed by atoms with van der Waals surface area (Å²) >= 11 is 0. The second-order valence-corrected chi connectivity index (χ2v) is 3.80. The number of hydrogen-bond donors (Lipinski definition) is 0.